The van der Waals surface area contributed by atoms with Crippen LogP contribution in [-0.4, -0.2) is 11.5 Å². The van der Waals surface area contributed by atoms with Gasteiger partial charge in [0.25, 0.3) is 0 Å². The normalized spacial score (nSPS) is 12.9. The average molecular weight is 302 g/mol. The van der Waals surface area contributed by atoms with Gasteiger partial charge in [0.15, 0.2) is 0 Å². The van der Waals surface area contributed by atoms with Crippen molar-refractivity contribution in [2.75, 3.05) is 6.54 Å². The van der Waals surface area contributed by atoms with E-state index in [1.165, 1.54) is 33.0 Å². The van der Waals surface area contributed by atoms with Crippen LogP contribution in [0.5, 0.6) is 0 Å². The summed E-state index contributed by atoms with van der Waals surface area (Å²) in [7, 11) is 0. The highest BCUT2D eigenvalue weighted by Crippen LogP contribution is 2.31. The first kappa shape index (κ1) is 16.2. The summed E-state index contributed by atoms with van der Waals surface area (Å²) >= 11 is 1.77. The van der Waals surface area contributed by atoms with E-state index in [0.717, 1.165) is 6.54 Å². The van der Waals surface area contributed by atoms with Gasteiger partial charge in [-0.15, -0.1) is 11.3 Å². The van der Waals surface area contributed by atoms with Gasteiger partial charge < -0.3 is 5.32 Å². The molecule has 0 amide bonds. The molecule has 0 bridgehead atoms. The summed E-state index contributed by atoms with van der Waals surface area (Å²) in [6, 6.07) is 4.74. The van der Waals surface area contributed by atoms with Gasteiger partial charge in [0.2, 0.25) is 0 Å². The maximum absolute atomic E-state index is 4.87. The van der Waals surface area contributed by atoms with E-state index in [0.29, 0.717) is 5.92 Å². The van der Waals surface area contributed by atoms with Crippen molar-refractivity contribution in [2.24, 2.45) is 0 Å². The number of hydrogen-bond donors (Lipinski definition) is 1. The molecule has 3 heteroatoms. The molecule has 0 saturated heterocycles. The maximum Gasteiger partial charge on any atom is 0.114 e. The van der Waals surface area contributed by atoms with Crippen molar-refractivity contribution in [3.05, 3.63) is 50.5 Å². The van der Waals surface area contributed by atoms with Gasteiger partial charge >= 0.3 is 0 Å². The molecule has 1 heterocycles. The summed E-state index contributed by atoms with van der Waals surface area (Å²) < 4.78 is 0. The molecule has 1 unspecified atom stereocenters. The van der Waals surface area contributed by atoms with E-state index in [1.807, 2.05) is 0 Å². The summed E-state index contributed by atoms with van der Waals surface area (Å²) in [5, 5.41) is 6.99. The first-order chi connectivity index (χ1) is 9.93. The Labute approximate surface area is 132 Å². The van der Waals surface area contributed by atoms with Crippen molar-refractivity contribution in [2.45, 2.75) is 53.5 Å². The Morgan fingerprint density at radius 3 is 2.24 bits per heavy atom. The lowest BCUT2D eigenvalue weighted by molar-refractivity contribution is 0.617. The van der Waals surface area contributed by atoms with Crippen LogP contribution in [0.3, 0.4) is 0 Å². The van der Waals surface area contributed by atoms with Gasteiger partial charge in [0.05, 0.1) is 11.7 Å². The van der Waals surface area contributed by atoms with E-state index < -0.39 is 0 Å². The van der Waals surface area contributed by atoms with Gasteiger partial charge in [-0.2, -0.15) is 0 Å². The smallest absolute Gasteiger partial charge is 0.114 e. The number of rotatable bonds is 5. The Morgan fingerprint density at radius 1 is 1.14 bits per heavy atom. The van der Waals surface area contributed by atoms with Crippen LogP contribution in [0.25, 0.3) is 0 Å². The SMILES string of the molecule is CCNC(c1nc(C(C)C)cs1)c1c(C)cc(C)cc1C. The van der Waals surface area contributed by atoms with Crippen molar-refractivity contribution >= 4 is 11.3 Å². The maximum atomic E-state index is 4.87. The van der Waals surface area contributed by atoms with Crippen LogP contribution in [-0.2, 0) is 0 Å². The lowest BCUT2D eigenvalue weighted by Crippen LogP contribution is -2.23. The van der Waals surface area contributed by atoms with Crippen molar-refractivity contribution in [3.8, 4) is 0 Å². The van der Waals surface area contributed by atoms with E-state index >= 15 is 0 Å². The molecule has 0 aliphatic carbocycles. The number of nitrogens with zero attached hydrogens (tertiary/aromatic N) is 1. The second kappa shape index (κ2) is 6.71. The fraction of sp³-hybridized carbons (Fsp3) is 0.500. The van der Waals surface area contributed by atoms with Gasteiger partial charge in [-0.1, -0.05) is 38.5 Å². The highest BCUT2D eigenvalue weighted by molar-refractivity contribution is 7.09. The molecule has 0 spiro atoms. The van der Waals surface area contributed by atoms with Crippen LogP contribution >= 0.6 is 11.3 Å². The standard InChI is InChI=1S/C18H26N2S/c1-7-19-17(18-20-15(10-21-18)11(2)3)16-13(5)8-12(4)9-14(16)6/h8-11,17,19H,7H2,1-6H3. The molecule has 0 aliphatic heterocycles. The third-order valence-corrected chi connectivity index (χ3v) is 4.74. The number of nitrogens with one attached hydrogen (secondary N) is 1. The topological polar surface area (TPSA) is 24.9 Å². The Kier molecular flexibility index (Phi) is 5.17. The lowest BCUT2D eigenvalue weighted by atomic mass is 9.94. The second-order valence-electron chi connectivity index (χ2n) is 6.07. The zero-order valence-electron chi connectivity index (χ0n) is 13.9. The predicted octanol–water partition coefficient (Wildman–Crippen LogP) is 4.89. The Bertz CT molecular complexity index is 590. The van der Waals surface area contributed by atoms with Crippen LogP contribution in [0.1, 0.15) is 65.7 Å². The molecule has 21 heavy (non-hydrogen) atoms. The minimum atomic E-state index is 0.202. The quantitative estimate of drug-likeness (QED) is 0.850. The highest BCUT2D eigenvalue weighted by Gasteiger charge is 2.21. The number of hydrogen-bond acceptors (Lipinski definition) is 3. The summed E-state index contributed by atoms with van der Waals surface area (Å²) in [6.07, 6.45) is 0. The molecule has 2 aromatic rings. The Balaban J connectivity index is 2.48. The molecule has 0 saturated carbocycles. The minimum absolute atomic E-state index is 0.202. The van der Waals surface area contributed by atoms with E-state index in [4.69, 9.17) is 4.98 Å². The molecule has 114 valence electrons. The molecule has 1 atom stereocenters. The fourth-order valence-corrected chi connectivity index (χ4v) is 3.92. The molecular weight excluding hydrogens is 276 g/mol. The predicted molar refractivity (Wildman–Crippen MR) is 92.4 cm³/mol. The van der Waals surface area contributed by atoms with E-state index in [9.17, 15) is 0 Å². The number of aromatic nitrogens is 1. The largest absolute Gasteiger partial charge is 0.305 e. The Morgan fingerprint density at radius 2 is 1.76 bits per heavy atom. The molecule has 2 nitrogen and oxygen atoms in total. The summed E-state index contributed by atoms with van der Waals surface area (Å²) in [5.74, 6) is 0.484. The average Bonchev–Trinajstić information content (AvgIpc) is 2.86. The van der Waals surface area contributed by atoms with Crippen LogP contribution in [0.15, 0.2) is 17.5 Å². The third-order valence-electron chi connectivity index (χ3n) is 3.81. The number of aryl methyl sites for hydroxylation is 3. The second-order valence-corrected chi connectivity index (χ2v) is 6.96. The van der Waals surface area contributed by atoms with E-state index in [-0.39, 0.29) is 6.04 Å². The first-order valence-corrected chi connectivity index (χ1v) is 8.58. The molecular formula is C18H26N2S. The van der Waals surface area contributed by atoms with Gasteiger partial charge in [-0.3, -0.25) is 0 Å². The monoisotopic (exact) mass is 302 g/mol. The summed E-state index contributed by atoms with van der Waals surface area (Å²) in [4.78, 5) is 4.87. The summed E-state index contributed by atoms with van der Waals surface area (Å²) in [5.41, 5.74) is 6.60. The van der Waals surface area contributed by atoms with E-state index in [1.54, 1.807) is 11.3 Å². The third kappa shape index (κ3) is 3.53. The van der Waals surface area contributed by atoms with Gasteiger partial charge in [0.1, 0.15) is 5.01 Å². The molecule has 0 radical (unpaired) electrons. The molecule has 0 aliphatic rings. The zero-order chi connectivity index (χ0) is 15.6. The fourth-order valence-electron chi connectivity index (χ4n) is 2.86. The van der Waals surface area contributed by atoms with Crippen LogP contribution < -0.4 is 5.32 Å². The van der Waals surface area contributed by atoms with Gasteiger partial charge in [-0.25, -0.2) is 4.98 Å². The molecule has 1 aromatic carbocycles. The van der Waals surface area contributed by atoms with Crippen molar-refractivity contribution in [1.82, 2.24) is 10.3 Å². The first-order valence-electron chi connectivity index (χ1n) is 7.70. The molecule has 1 aromatic heterocycles. The van der Waals surface area contributed by atoms with Gasteiger partial charge in [0, 0.05) is 5.38 Å². The van der Waals surface area contributed by atoms with Crippen molar-refractivity contribution in [3.63, 3.8) is 0 Å². The highest BCUT2D eigenvalue weighted by atomic mass is 32.1. The summed E-state index contributed by atoms with van der Waals surface area (Å²) in [6.45, 7) is 14.1. The van der Waals surface area contributed by atoms with Crippen LogP contribution in [0.4, 0.5) is 0 Å². The minimum Gasteiger partial charge on any atom is -0.305 e. The van der Waals surface area contributed by atoms with Crippen LogP contribution in [0, 0.1) is 20.8 Å². The number of benzene rings is 1. The molecule has 2 rings (SSSR count). The van der Waals surface area contributed by atoms with Gasteiger partial charge in [-0.05, 0) is 49.9 Å². The van der Waals surface area contributed by atoms with E-state index in [2.05, 4.69) is 64.4 Å². The Hall–Kier alpha value is -1.19. The zero-order valence-corrected chi connectivity index (χ0v) is 14.8. The lowest BCUT2D eigenvalue weighted by Gasteiger charge is -2.21. The van der Waals surface area contributed by atoms with Crippen molar-refractivity contribution < 1.29 is 0 Å². The molecule has 0 fully saturated rings. The molecule has 1 N–H and O–H groups in total. The van der Waals surface area contributed by atoms with Crippen molar-refractivity contribution in [1.29, 1.82) is 0 Å². The van der Waals surface area contributed by atoms with Crippen LogP contribution in [0.2, 0.25) is 0 Å². The number of thiazole rings is 1.